The fourth-order valence-corrected chi connectivity index (χ4v) is 6.43. The van der Waals surface area contributed by atoms with Gasteiger partial charge in [0.2, 0.25) is 0 Å². The van der Waals surface area contributed by atoms with Crippen molar-refractivity contribution in [3.8, 4) is 22.3 Å². The molecular formula is C46H35N7. The van der Waals surface area contributed by atoms with E-state index >= 15 is 0 Å². The van der Waals surface area contributed by atoms with Gasteiger partial charge in [-0.15, -0.1) is 10.2 Å². The molecule has 0 amide bonds. The SMILES string of the molecule is Nc1c(-c2ccc(N(c3ccccc3)c3ccccc3)cc2)ccc(-c2ccc(N(c3ccccc3)c3ccccc3)cc2)c1N=Nc1cnccn1. The van der Waals surface area contributed by atoms with E-state index in [1.807, 2.05) is 24.3 Å². The fourth-order valence-electron chi connectivity index (χ4n) is 6.43. The van der Waals surface area contributed by atoms with Crippen LogP contribution in [0.15, 0.2) is 211 Å². The van der Waals surface area contributed by atoms with Gasteiger partial charge in [-0.3, -0.25) is 4.98 Å². The average Bonchev–Trinajstić information content (AvgIpc) is 3.23. The number of para-hydroxylation sites is 4. The van der Waals surface area contributed by atoms with Gasteiger partial charge in [0, 0.05) is 57.6 Å². The van der Waals surface area contributed by atoms with Crippen molar-refractivity contribution < 1.29 is 0 Å². The van der Waals surface area contributed by atoms with Gasteiger partial charge in [0.25, 0.3) is 0 Å². The minimum atomic E-state index is 0.395. The maximum Gasteiger partial charge on any atom is 0.192 e. The molecule has 8 rings (SSSR count). The Morgan fingerprint density at radius 1 is 0.396 bits per heavy atom. The van der Waals surface area contributed by atoms with E-state index in [1.165, 1.54) is 0 Å². The number of rotatable bonds is 10. The number of anilines is 7. The molecule has 0 bridgehead atoms. The van der Waals surface area contributed by atoms with Crippen molar-refractivity contribution in [1.82, 2.24) is 9.97 Å². The van der Waals surface area contributed by atoms with E-state index in [0.29, 0.717) is 17.2 Å². The summed E-state index contributed by atoms with van der Waals surface area (Å²) in [6, 6.07) is 62.4. The van der Waals surface area contributed by atoms with Crippen molar-refractivity contribution in [3.05, 3.63) is 201 Å². The van der Waals surface area contributed by atoms with E-state index in [0.717, 1.165) is 56.4 Å². The highest BCUT2D eigenvalue weighted by molar-refractivity contribution is 5.94. The first-order valence-corrected chi connectivity index (χ1v) is 17.3. The zero-order chi connectivity index (χ0) is 35.8. The highest BCUT2D eigenvalue weighted by atomic mass is 15.2. The minimum absolute atomic E-state index is 0.395. The second-order valence-electron chi connectivity index (χ2n) is 12.3. The third kappa shape index (κ3) is 7.13. The van der Waals surface area contributed by atoms with Gasteiger partial charge in [0.05, 0.1) is 11.9 Å². The molecule has 7 nitrogen and oxygen atoms in total. The van der Waals surface area contributed by atoms with Crippen molar-refractivity contribution in [2.75, 3.05) is 15.5 Å². The predicted molar refractivity (Wildman–Crippen MR) is 217 cm³/mol. The zero-order valence-corrected chi connectivity index (χ0v) is 28.8. The lowest BCUT2D eigenvalue weighted by Crippen LogP contribution is -2.09. The summed E-state index contributed by atoms with van der Waals surface area (Å²) in [5.41, 5.74) is 18.1. The summed E-state index contributed by atoms with van der Waals surface area (Å²) in [5, 5.41) is 9.14. The number of aromatic nitrogens is 2. The first-order valence-electron chi connectivity index (χ1n) is 17.3. The van der Waals surface area contributed by atoms with E-state index in [4.69, 9.17) is 10.8 Å². The molecule has 1 aromatic heterocycles. The highest BCUT2D eigenvalue weighted by Crippen LogP contribution is 2.44. The molecule has 7 heteroatoms. The van der Waals surface area contributed by atoms with Gasteiger partial charge in [-0.1, -0.05) is 109 Å². The van der Waals surface area contributed by atoms with E-state index in [2.05, 4.69) is 183 Å². The number of nitrogens with zero attached hydrogens (tertiary/aromatic N) is 6. The molecule has 53 heavy (non-hydrogen) atoms. The Bertz CT molecular complexity index is 2340. The highest BCUT2D eigenvalue weighted by Gasteiger charge is 2.18. The predicted octanol–water partition coefficient (Wildman–Crippen LogP) is 12.7. The molecule has 0 spiro atoms. The van der Waals surface area contributed by atoms with Crippen molar-refractivity contribution in [2.24, 2.45) is 10.2 Å². The Morgan fingerprint density at radius 2 is 0.792 bits per heavy atom. The summed E-state index contributed by atoms with van der Waals surface area (Å²) in [6.45, 7) is 0. The molecule has 0 unspecified atom stereocenters. The lowest BCUT2D eigenvalue weighted by Gasteiger charge is -2.26. The van der Waals surface area contributed by atoms with Crippen LogP contribution in [0.4, 0.5) is 51.3 Å². The van der Waals surface area contributed by atoms with Crippen molar-refractivity contribution in [2.45, 2.75) is 0 Å². The number of benzene rings is 7. The van der Waals surface area contributed by atoms with E-state index in [1.54, 1.807) is 18.6 Å². The second kappa shape index (κ2) is 15.2. The summed E-state index contributed by atoms with van der Waals surface area (Å²) >= 11 is 0. The van der Waals surface area contributed by atoms with E-state index in [9.17, 15) is 0 Å². The van der Waals surface area contributed by atoms with Gasteiger partial charge in [-0.05, 0) is 83.9 Å². The van der Waals surface area contributed by atoms with Crippen LogP contribution >= 0.6 is 0 Å². The second-order valence-corrected chi connectivity index (χ2v) is 12.3. The summed E-state index contributed by atoms with van der Waals surface area (Å²) in [7, 11) is 0. The van der Waals surface area contributed by atoms with Crippen LogP contribution in [0.2, 0.25) is 0 Å². The molecule has 0 saturated heterocycles. The van der Waals surface area contributed by atoms with Crippen LogP contribution in [0.1, 0.15) is 0 Å². The Balaban J connectivity index is 1.18. The molecule has 2 N–H and O–H groups in total. The third-order valence-corrected chi connectivity index (χ3v) is 8.95. The van der Waals surface area contributed by atoms with Crippen LogP contribution in [0, 0.1) is 0 Å². The van der Waals surface area contributed by atoms with E-state index in [-0.39, 0.29) is 0 Å². The van der Waals surface area contributed by atoms with E-state index < -0.39 is 0 Å². The van der Waals surface area contributed by atoms with Crippen LogP contribution < -0.4 is 15.5 Å². The lowest BCUT2D eigenvalue weighted by atomic mass is 9.96. The standard InChI is InChI=1S/C46H35N7/c47-45-42(34-21-25-40(26-22-34)52(36-13-5-1-6-14-36)37-15-7-2-8-16-37)29-30-43(46(45)51-50-44-33-48-31-32-49-44)35-23-27-41(28-24-35)53(38-17-9-3-10-18-38)39-19-11-4-12-20-39/h1-33H,47H2. The molecule has 0 fully saturated rings. The average molecular weight is 686 g/mol. The van der Waals surface area contributed by atoms with Crippen molar-refractivity contribution in [3.63, 3.8) is 0 Å². The summed E-state index contributed by atoms with van der Waals surface area (Å²) < 4.78 is 0. The largest absolute Gasteiger partial charge is 0.396 e. The molecule has 0 aliphatic carbocycles. The Hall–Kier alpha value is -7.38. The molecule has 0 radical (unpaired) electrons. The van der Waals surface area contributed by atoms with Crippen LogP contribution in [0.3, 0.4) is 0 Å². The summed E-state index contributed by atoms with van der Waals surface area (Å²) in [4.78, 5) is 12.9. The maximum atomic E-state index is 7.02. The molecule has 7 aromatic carbocycles. The van der Waals surface area contributed by atoms with Crippen molar-refractivity contribution in [1.29, 1.82) is 0 Å². The number of hydrogen-bond donors (Lipinski definition) is 1. The van der Waals surface area contributed by atoms with Gasteiger partial charge < -0.3 is 15.5 Å². The number of azo groups is 1. The van der Waals surface area contributed by atoms with Crippen LogP contribution in [-0.4, -0.2) is 9.97 Å². The van der Waals surface area contributed by atoms with Crippen LogP contribution in [0.25, 0.3) is 22.3 Å². The minimum Gasteiger partial charge on any atom is -0.396 e. The molecular weight excluding hydrogens is 651 g/mol. The smallest absolute Gasteiger partial charge is 0.192 e. The summed E-state index contributed by atoms with van der Waals surface area (Å²) in [5.74, 6) is 0.395. The Morgan fingerprint density at radius 3 is 1.21 bits per heavy atom. The number of hydrogen-bond acceptors (Lipinski definition) is 7. The van der Waals surface area contributed by atoms with Crippen molar-refractivity contribution >= 4 is 51.3 Å². The van der Waals surface area contributed by atoms with Gasteiger partial charge in [0.15, 0.2) is 5.82 Å². The lowest BCUT2D eigenvalue weighted by molar-refractivity contribution is 1.11. The Labute approximate surface area is 309 Å². The van der Waals surface area contributed by atoms with Gasteiger partial charge in [0.1, 0.15) is 5.69 Å². The molecule has 0 aliphatic heterocycles. The molecule has 0 atom stereocenters. The number of nitrogens with two attached hydrogens (primary N) is 1. The monoisotopic (exact) mass is 685 g/mol. The van der Waals surface area contributed by atoms with Gasteiger partial charge in [-0.25, -0.2) is 4.98 Å². The molecule has 254 valence electrons. The first kappa shape index (κ1) is 32.8. The molecule has 0 saturated carbocycles. The van der Waals surface area contributed by atoms with Gasteiger partial charge >= 0.3 is 0 Å². The quantitative estimate of drug-likeness (QED) is 0.114. The zero-order valence-electron chi connectivity index (χ0n) is 28.8. The first-order chi connectivity index (χ1) is 26.2. The molecule has 0 aliphatic rings. The van der Waals surface area contributed by atoms with Gasteiger partial charge in [-0.2, -0.15) is 0 Å². The molecule has 1 heterocycles. The third-order valence-electron chi connectivity index (χ3n) is 8.95. The van der Waals surface area contributed by atoms with Crippen LogP contribution in [-0.2, 0) is 0 Å². The number of nitrogen functional groups attached to an aromatic ring is 1. The fraction of sp³-hybridized carbons (Fsp3) is 0. The van der Waals surface area contributed by atoms with Crippen LogP contribution in [0.5, 0.6) is 0 Å². The summed E-state index contributed by atoms with van der Waals surface area (Å²) in [6.07, 6.45) is 4.77. The Kier molecular flexibility index (Phi) is 9.44. The topological polar surface area (TPSA) is 83.0 Å². The molecule has 8 aromatic rings. The normalized spacial score (nSPS) is 11.0. The maximum absolute atomic E-state index is 7.02.